The predicted molar refractivity (Wildman–Crippen MR) is 130 cm³/mol. The largest absolute Gasteiger partial charge is 0.497 e. The van der Waals surface area contributed by atoms with Crippen molar-refractivity contribution in [1.82, 2.24) is 15.5 Å². The van der Waals surface area contributed by atoms with Crippen LogP contribution in [0.3, 0.4) is 0 Å². The molecule has 1 N–H and O–H groups in total. The number of aromatic nitrogens is 2. The lowest BCUT2D eigenvalue weighted by molar-refractivity contribution is 0.244. The zero-order chi connectivity index (χ0) is 24.5. The van der Waals surface area contributed by atoms with E-state index in [1.165, 1.54) is 17.0 Å². The molecule has 176 valence electrons. The molecule has 2 heterocycles. The number of carbonyl (C=O) groups excluding carboxylic acids is 1. The third-order valence-electron chi connectivity index (χ3n) is 5.76. The van der Waals surface area contributed by atoms with Crippen molar-refractivity contribution in [2.45, 2.75) is 13.0 Å². The van der Waals surface area contributed by atoms with Gasteiger partial charge in [-0.05, 0) is 61.0 Å². The van der Waals surface area contributed by atoms with Crippen molar-refractivity contribution in [3.05, 3.63) is 101 Å². The third-order valence-corrected chi connectivity index (χ3v) is 6.01. The van der Waals surface area contributed by atoms with Gasteiger partial charge in [-0.25, -0.2) is 9.18 Å². The number of rotatable bonds is 5. The maximum absolute atomic E-state index is 13.4. The van der Waals surface area contributed by atoms with Crippen LogP contribution in [0.1, 0.15) is 24.4 Å². The summed E-state index contributed by atoms with van der Waals surface area (Å²) in [5, 5.41) is 7.72. The maximum Gasteiger partial charge on any atom is 0.327 e. The Morgan fingerprint density at radius 2 is 1.83 bits per heavy atom. The van der Waals surface area contributed by atoms with Crippen molar-refractivity contribution in [1.29, 1.82) is 0 Å². The number of hydrogen-bond donors (Lipinski definition) is 1. The van der Waals surface area contributed by atoms with Gasteiger partial charge in [0.25, 0.3) is 5.89 Å². The molecule has 1 aliphatic heterocycles. The average molecular weight is 491 g/mol. The minimum atomic E-state index is -0.567. The maximum atomic E-state index is 13.4. The van der Waals surface area contributed by atoms with Gasteiger partial charge in [-0.2, -0.15) is 4.98 Å². The number of benzene rings is 3. The van der Waals surface area contributed by atoms with Gasteiger partial charge >= 0.3 is 6.03 Å². The highest BCUT2D eigenvalue weighted by atomic mass is 35.5. The van der Waals surface area contributed by atoms with Gasteiger partial charge < -0.3 is 14.6 Å². The average Bonchev–Trinajstić information content (AvgIpc) is 3.34. The normalized spacial score (nSPS) is 15.8. The fourth-order valence-electron chi connectivity index (χ4n) is 4.03. The highest BCUT2D eigenvalue weighted by molar-refractivity contribution is 6.30. The molecule has 4 aromatic rings. The van der Waals surface area contributed by atoms with Crippen molar-refractivity contribution in [2.75, 3.05) is 12.0 Å². The monoisotopic (exact) mass is 490 g/mol. The molecule has 7 nitrogen and oxygen atoms in total. The van der Waals surface area contributed by atoms with Crippen molar-refractivity contribution in [2.24, 2.45) is 0 Å². The molecule has 3 aromatic carbocycles. The third kappa shape index (κ3) is 4.36. The van der Waals surface area contributed by atoms with Crippen molar-refractivity contribution < 1.29 is 18.4 Å². The van der Waals surface area contributed by atoms with Crippen LogP contribution < -0.4 is 15.0 Å². The Morgan fingerprint density at radius 1 is 1.09 bits per heavy atom. The van der Waals surface area contributed by atoms with E-state index in [2.05, 4.69) is 15.5 Å². The van der Waals surface area contributed by atoms with Crippen molar-refractivity contribution in [3.8, 4) is 17.1 Å². The van der Waals surface area contributed by atoms with Crippen molar-refractivity contribution in [3.63, 3.8) is 0 Å². The second-order valence-corrected chi connectivity index (χ2v) is 8.34. The van der Waals surface area contributed by atoms with Gasteiger partial charge in [-0.15, -0.1) is 0 Å². The van der Waals surface area contributed by atoms with Crippen LogP contribution in [-0.2, 0) is 0 Å². The Balaban J connectivity index is 1.65. The summed E-state index contributed by atoms with van der Waals surface area (Å²) in [7, 11) is 1.56. The smallest absolute Gasteiger partial charge is 0.327 e. The van der Waals surface area contributed by atoms with Gasteiger partial charge in [0.15, 0.2) is 0 Å². The summed E-state index contributed by atoms with van der Waals surface area (Å²) < 4.78 is 24.4. The predicted octanol–water partition coefficient (Wildman–Crippen LogP) is 6.24. The zero-order valence-electron chi connectivity index (χ0n) is 18.8. The Labute approximate surface area is 205 Å². The number of urea groups is 1. The molecule has 2 amide bonds. The first-order valence-corrected chi connectivity index (χ1v) is 11.1. The minimum Gasteiger partial charge on any atom is -0.497 e. The first-order chi connectivity index (χ1) is 16.9. The fourth-order valence-corrected chi connectivity index (χ4v) is 4.16. The summed E-state index contributed by atoms with van der Waals surface area (Å²) in [5.41, 5.74) is 3.24. The van der Waals surface area contributed by atoms with E-state index in [9.17, 15) is 9.18 Å². The first kappa shape index (κ1) is 22.6. The van der Waals surface area contributed by atoms with Crippen LogP contribution in [0.25, 0.3) is 17.0 Å². The molecule has 0 radical (unpaired) electrons. The molecule has 0 spiro atoms. The summed E-state index contributed by atoms with van der Waals surface area (Å²) in [4.78, 5) is 19.4. The highest BCUT2D eigenvalue weighted by Gasteiger charge is 2.36. The minimum absolute atomic E-state index is 0.231. The summed E-state index contributed by atoms with van der Waals surface area (Å²) in [6.45, 7) is 1.82. The summed E-state index contributed by atoms with van der Waals surface area (Å²) in [6.07, 6.45) is 0. The molecule has 1 aliphatic rings. The molecular formula is C26H20ClFN4O3. The van der Waals surface area contributed by atoms with Crippen molar-refractivity contribution >= 4 is 28.9 Å². The summed E-state index contributed by atoms with van der Waals surface area (Å²) in [6, 6.07) is 19.3. The quantitative estimate of drug-likeness (QED) is 0.358. The van der Waals surface area contributed by atoms with Gasteiger partial charge in [0.05, 0.1) is 24.4 Å². The van der Waals surface area contributed by atoms with Gasteiger partial charge in [0.2, 0.25) is 5.82 Å². The molecule has 0 saturated heterocycles. The Bertz CT molecular complexity index is 1420. The number of nitrogens with zero attached hydrogens (tertiary/aromatic N) is 3. The Kier molecular flexibility index (Phi) is 5.96. The van der Waals surface area contributed by atoms with E-state index in [0.29, 0.717) is 39.1 Å². The molecule has 0 fully saturated rings. The number of allylic oxidation sites excluding steroid dienone is 1. The number of carbonyl (C=O) groups is 1. The number of nitrogens with one attached hydrogen (secondary N) is 1. The summed E-state index contributed by atoms with van der Waals surface area (Å²) >= 11 is 6.09. The molecule has 9 heteroatoms. The molecule has 35 heavy (non-hydrogen) atoms. The SMILES string of the molecule is COc1cccc(N2C(=O)NC(c3ccc(Cl)cc3)C(c3nc(-c4ccc(F)cc4)no3)=C2C)c1. The van der Waals surface area contributed by atoms with Crippen LogP contribution >= 0.6 is 11.6 Å². The number of methoxy groups -OCH3 is 1. The van der Waals surface area contributed by atoms with Crippen LogP contribution in [0.15, 0.2) is 83.0 Å². The van der Waals surface area contributed by atoms with E-state index < -0.39 is 6.04 Å². The van der Waals surface area contributed by atoms with Gasteiger partial charge in [-0.1, -0.05) is 35.0 Å². The van der Waals surface area contributed by atoms with E-state index in [1.54, 1.807) is 49.6 Å². The Hall–Kier alpha value is -4.17. The summed E-state index contributed by atoms with van der Waals surface area (Å²) in [5.74, 6) is 0.790. The fraction of sp³-hybridized carbons (Fsp3) is 0.115. The number of hydrogen-bond acceptors (Lipinski definition) is 5. The van der Waals surface area contributed by atoms with E-state index in [0.717, 1.165) is 5.56 Å². The van der Waals surface area contributed by atoms with Gasteiger partial charge in [0.1, 0.15) is 11.6 Å². The zero-order valence-corrected chi connectivity index (χ0v) is 19.6. The van der Waals surface area contributed by atoms with Crippen LogP contribution in [-0.4, -0.2) is 23.3 Å². The molecule has 5 rings (SSSR count). The second kappa shape index (κ2) is 9.23. The number of halogens is 2. The van der Waals surface area contributed by atoms with E-state index >= 15 is 0 Å². The molecule has 1 unspecified atom stereocenters. The number of amides is 2. The molecule has 0 saturated carbocycles. The second-order valence-electron chi connectivity index (χ2n) is 7.90. The molecule has 0 bridgehead atoms. The van der Waals surface area contributed by atoms with Crippen LogP contribution in [0.2, 0.25) is 5.02 Å². The molecule has 0 aliphatic carbocycles. The Morgan fingerprint density at radius 3 is 2.54 bits per heavy atom. The lowest BCUT2D eigenvalue weighted by atomic mass is 9.94. The van der Waals surface area contributed by atoms with E-state index in [1.807, 2.05) is 25.1 Å². The van der Waals surface area contributed by atoms with Crippen LogP contribution in [0, 0.1) is 5.82 Å². The standard InChI is InChI=1S/C26H20ClFN4O3/c1-15-22(25-30-24(31-35-25)17-8-12-19(28)13-9-17)23(16-6-10-18(27)11-7-16)29-26(33)32(15)20-4-3-5-21(14-20)34-2/h3-14,23H,1-2H3,(H,29,33). The molecule has 1 aromatic heterocycles. The van der Waals surface area contributed by atoms with E-state index in [4.69, 9.17) is 20.9 Å². The van der Waals surface area contributed by atoms with Gasteiger partial charge in [0, 0.05) is 22.3 Å². The molecular weight excluding hydrogens is 471 g/mol. The van der Waals surface area contributed by atoms with Crippen LogP contribution in [0.4, 0.5) is 14.9 Å². The topological polar surface area (TPSA) is 80.5 Å². The first-order valence-electron chi connectivity index (χ1n) is 10.8. The lowest BCUT2D eigenvalue weighted by Crippen LogP contribution is -2.46. The van der Waals surface area contributed by atoms with Crippen LogP contribution in [0.5, 0.6) is 5.75 Å². The van der Waals surface area contributed by atoms with Gasteiger partial charge in [-0.3, -0.25) is 4.90 Å². The number of ether oxygens (including phenoxy) is 1. The number of anilines is 1. The highest BCUT2D eigenvalue weighted by Crippen LogP contribution is 2.39. The van der Waals surface area contributed by atoms with E-state index in [-0.39, 0.29) is 17.7 Å². The lowest BCUT2D eigenvalue weighted by Gasteiger charge is -2.35. The molecule has 1 atom stereocenters.